The van der Waals surface area contributed by atoms with E-state index in [2.05, 4.69) is 10.6 Å². The molecule has 0 spiro atoms. The van der Waals surface area contributed by atoms with Gasteiger partial charge in [-0.2, -0.15) is 5.26 Å². The summed E-state index contributed by atoms with van der Waals surface area (Å²) >= 11 is 0. The summed E-state index contributed by atoms with van der Waals surface area (Å²) in [4.78, 5) is 11.7. The van der Waals surface area contributed by atoms with Crippen molar-refractivity contribution in [2.75, 3.05) is 25.5 Å². The quantitative estimate of drug-likeness (QED) is 0.747. The number of anilines is 1. The van der Waals surface area contributed by atoms with Crippen molar-refractivity contribution >= 4 is 11.6 Å². The molecule has 18 heavy (non-hydrogen) atoms. The second-order valence-corrected chi connectivity index (χ2v) is 3.72. The van der Waals surface area contributed by atoms with Crippen LogP contribution in [-0.2, 0) is 4.79 Å². The summed E-state index contributed by atoms with van der Waals surface area (Å²) in [6, 6.07) is 7.08. The van der Waals surface area contributed by atoms with Gasteiger partial charge in [0.05, 0.1) is 19.2 Å². The Kier molecular flexibility index (Phi) is 5.68. The Morgan fingerprint density at radius 2 is 2.28 bits per heavy atom. The molecule has 5 nitrogen and oxygen atoms in total. The summed E-state index contributed by atoms with van der Waals surface area (Å²) in [5.41, 5.74) is 0.809. The summed E-state index contributed by atoms with van der Waals surface area (Å²) in [6.45, 7) is 3.03. The highest BCUT2D eigenvalue weighted by atomic mass is 16.5. The predicted octanol–water partition coefficient (Wildman–Crippen LogP) is 1.50. The highest BCUT2D eigenvalue weighted by Crippen LogP contribution is 2.27. The van der Waals surface area contributed by atoms with Crippen molar-refractivity contribution < 1.29 is 9.53 Å². The van der Waals surface area contributed by atoms with Gasteiger partial charge in [0, 0.05) is 0 Å². The molecule has 0 atom stereocenters. The molecule has 0 heterocycles. The van der Waals surface area contributed by atoms with E-state index in [9.17, 15) is 4.79 Å². The average molecular weight is 247 g/mol. The molecule has 5 heteroatoms. The van der Waals surface area contributed by atoms with Crippen molar-refractivity contribution in [2.24, 2.45) is 0 Å². The highest BCUT2D eigenvalue weighted by molar-refractivity contribution is 5.95. The molecule has 0 aromatic heterocycles. The van der Waals surface area contributed by atoms with Crippen LogP contribution < -0.4 is 15.4 Å². The third-order valence-corrected chi connectivity index (χ3v) is 2.34. The van der Waals surface area contributed by atoms with E-state index in [0.29, 0.717) is 17.0 Å². The van der Waals surface area contributed by atoms with Gasteiger partial charge in [0.15, 0.2) is 0 Å². The Labute approximate surface area is 107 Å². The maximum absolute atomic E-state index is 11.7. The number of carbonyl (C=O) groups is 1. The van der Waals surface area contributed by atoms with Gasteiger partial charge in [-0.25, -0.2) is 0 Å². The van der Waals surface area contributed by atoms with Crippen LogP contribution in [0.4, 0.5) is 5.69 Å². The molecule has 1 rings (SSSR count). The Morgan fingerprint density at radius 3 is 2.89 bits per heavy atom. The fourth-order valence-electron chi connectivity index (χ4n) is 1.49. The molecule has 96 valence electrons. The largest absolute Gasteiger partial charge is 0.495 e. The van der Waals surface area contributed by atoms with Crippen LogP contribution in [0.5, 0.6) is 5.75 Å². The topological polar surface area (TPSA) is 74.2 Å². The van der Waals surface area contributed by atoms with Crippen molar-refractivity contribution in [1.82, 2.24) is 5.32 Å². The second kappa shape index (κ2) is 7.30. The lowest BCUT2D eigenvalue weighted by molar-refractivity contribution is -0.115. The summed E-state index contributed by atoms with van der Waals surface area (Å²) in [7, 11) is 1.50. The first-order valence-electron chi connectivity index (χ1n) is 5.80. The van der Waals surface area contributed by atoms with Gasteiger partial charge in [-0.15, -0.1) is 0 Å². The summed E-state index contributed by atoms with van der Waals surface area (Å²) in [5, 5.41) is 14.7. The molecule has 1 amide bonds. The van der Waals surface area contributed by atoms with Gasteiger partial charge in [0.2, 0.25) is 5.91 Å². The van der Waals surface area contributed by atoms with Gasteiger partial charge in [0.25, 0.3) is 0 Å². The second-order valence-electron chi connectivity index (χ2n) is 3.72. The first kappa shape index (κ1) is 14.0. The van der Waals surface area contributed by atoms with Crippen LogP contribution in [0.15, 0.2) is 18.2 Å². The fourth-order valence-corrected chi connectivity index (χ4v) is 1.49. The Bertz CT molecular complexity index is 452. The number of para-hydroxylation sites is 1. The van der Waals surface area contributed by atoms with Crippen LogP contribution in [0, 0.1) is 11.3 Å². The number of benzene rings is 1. The number of hydrogen-bond acceptors (Lipinski definition) is 4. The first-order valence-corrected chi connectivity index (χ1v) is 5.80. The number of amides is 1. The molecule has 0 saturated heterocycles. The van der Waals surface area contributed by atoms with Crippen molar-refractivity contribution in [2.45, 2.75) is 13.3 Å². The number of rotatable bonds is 6. The van der Waals surface area contributed by atoms with Gasteiger partial charge >= 0.3 is 0 Å². The van der Waals surface area contributed by atoms with E-state index in [-0.39, 0.29) is 12.5 Å². The number of methoxy groups -OCH3 is 1. The Balaban J connectivity index is 2.77. The zero-order valence-corrected chi connectivity index (χ0v) is 10.6. The molecule has 0 aliphatic carbocycles. The number of nitrogens with one attached hydrogen (secondary N) is 2. The molecule has 0 aliphatic heterocycles. The smallest absolute Gasteiger partial charge is 0.238 e. The zero-order chi connectivity index (χ0) is 13.4. The van der Waals surface area contributed by atoms with Gasteiger partial charge in [-0.3, -0.25) is 4.79 Å². The van der Waals surface area contributed by atoms with Crippen LogP contribution in [0.1, 0.15) is 18.9 Å². The molecule has 1 aromatic carbocycles. The van der Waals surface area contributed by atoms with Crippen LogP contribution >= 0.6 is 0 Å². The van der Waals surface area contributed by atoms with E-state index in [1.165, 1.54) is 7.11 Å². The van der Waals surface area contributed by atoms with E-state index in [0.717, 1.165) is 13.0 Å². The molecule has 1 aromatic rings. The van der Waals surface area contributed by atoms with Crippen molar-refractivity contribution in [1.29, 1.82) is 5.26 Å². The van der Waals surface area contributed by atoms with Gasteiger partial charge in [0.1, 0.15) is 17.5 Å². The average Bonchev–Trinajstić information content (AvgIpc) is 2.39. The molecule has 0 saturated carbocycles. The molecule has 0 aliphatic rings. The van der Waals surface area contributed by atoms with E-state index in [1.807, 2.05) is 13.0 Å². The van der Waals surface area contributed by atoms with Crippen LogP contribution in [0.3, 0.4) is 0 Å². The monoisotopic (exact) mass is 247 g/mol. The van der Waals surface area contributed by atoms with Crippen molar-refractivity contribution in [3.8, 4) is 11.8 Å². The highest BCUT2D eigenvalue weighted by Gasteiger charge is 2.11. The standard InChI is InChI=1S/C13H17N3O2/c1-3-7-15-9-12(17)16-13-10(8-14)5-4-6-11(13)18-2/h4-6,15H,3,7,9H2,1-2H3,(H,16,17). The minimum atomic E-state index is -0.190. The first-order chi connectivity index (χ1) is 8.72. The summed E-state index contributed by atoms with van der Waals surface area (Å²) in [6.07, 6.45) is 0.964. The predicted molar refractivity (Wildman–Crippen MR) is 69.5 cm³/mol. The maximum Gasteiger partial charge on any atom is 0.238 e. The molecular formula is C13H17N3O2. The van der Waals surface area contributed by atoms with E-state index < -0.39 is 0 Å². The van der Waals surface area contributed by atoms with Crippen LogP contribution in [0.25, 0.3) is 0 Å². The number of carbonyl (C=O) groups excluding carboxylic acids is 1. The molecular weight excluding hydrogens is 230 g/mol. The number of hydrogen-bond donors (Lipinski definition) is 2. The van der Waals surface area contributed by atoms with Gasteiger partial charge in [-0.1, -0.05) is 13.0 Å². The minimum absolute atomic E-state index is 0.190. The lowest BCUT2D eigenvalue weighted by atomic mass is 10.1. The summed E-state index contributed by atoms with van der Waals surface area (Å²) < 4.78 is 5.13. The van der Waals surface area contributed by atoms with Crippen LogP contribution in [-0.4, -0.2) is 26.1 Å². The SMILES string of the molecule is CCCNCC(=O)Nc1c(C#N)cccc1OC. The zero-order valence-electron chi connectivity index (χ0n) is 10.6. The molecule has 0 fully saturated rings. The third-order valence-electron chi connectivity index (χ3n) is 2.34. The van der Waals surface area contributed by atoms with E-state index >= 15 is 0 Å². The lowest BCUT2D eigenvalue weighted by Crippen LogP contribution is -2.28. The third kappa shape index (κ3) is 3.75. The van der Waals surface area contributed by atoms with E-state index in [4.69, 9.17) is 10.00 Å². The fraction of sp³-hybridized carbons (Fsp3) is 0.385. The minimum Gasteiger partial charge on any atom is -0.495 e. The number of nitriles is 1. The van der Waals surface area contributed by atoms with Crippen molar-refractivity contribution in [3.63, 3.8) is 0 Å². The molecule has 0 radical (unpaired) electrons. The molecule has 2 N–H and O–H groups in total. The molecule has 0 bridgehead atoms. The number of nitrogens with zero attached hydrogens (tertiary/aromatic N) is 1. The Hall–Kier alpha value is -2.06. The van der Waals surface area contributed by atoms with Gasteiger partial charge < -0.3 is 15.4 Å². The van der Waals surface area contributed by atoms with Gasteiger partial charge in [-0.05, 0) is 25.1 Å². The summed E-state index contributed by atoms with van der Waals surface area (Å²) in [5.74, 6) is 0.294. The molecule has 0 unspecified atom stereocenters. The van der Waals surface area contributed by atoms with Crippen LogP contribution in [0.2, 0.25) is 0 Å². The normalized spacial score (nSPS) is 9.61. The van der Waals surface area contributed by atoms with E-state index in [1.54, 1.807) is 18.2 Å². The number of ether oxygens (including phenoxy) is 1. The van der Waals surface area contributed by atoms with Crippen molar-refractivity contribution in [3.05, 3.63) is 23.8 Å². The Morgan fingerprint density at radius 1 is 1.50 bits per heavy atom. The maximum atomic E-state index is 11.7. The lowest BCUT2D eigenvalue weighted by Gasteiger charge is -2.11.